The highest BCUT2D eigenvalue weighted by atomic mass is 15.1. The van der Waals surface area contributed by atoms with Crippen LogP contribution in [0.1, 0.15) is 108 Å². The summed E-state index contributed by atoms with van der Waals surface area (Å²) in [5.74, 6) is 0. The third kappa shape index (κ3) is 8.77. The first-order valence-corrected chi connectivity index (χ1v) is 30.1. The molecule has 0 saturated heterocycles. The van der Waals surface area contributed by atoms with Crippen molar-refractivity contribution < 1.29 is 0 Å². The van der Waals surface area contributed by atoms with E-state index < -0.39 is 0 Å². The number of benzene rings is 12. The van der Waals surface area contributed by atoms with Crippen molar-refractivity contribution in [3.05, 3.63) is 309 Å². The maximum absolute atomic E-state index is 2.43. The van der Waals surface area contributed by atoms with Gasteiger partial charge in [0.1, 0.15) is 0 Å². The van der Waals surface area contributed by atoms with Gasteiger partial charge < -0.3 is 9.80 Å². The smallest absolute Gasteiger partial charge is 0.0468 e. The van der Waals surface area contributed by atoms with Crippen LogP contribution in [0.15, 0.2) is 243 Å². The first-order valence-electron chi connectivity index (χ1n) is 30.1. The van der Waals surface area contributed by atoms with E-state index in [-0.39, 0.29) is 16.2 Å². The Hall–Kier alpha value is -9.76. The van der Waals surface area contributed by atoms with E-state index in [1.54, 1.807) is 0 Å². The second kappa shape index (κ2) is 19.7. The van der Waals surface area contributed by atoms with Gasteiger partial charge in [0.05, 0.1) is 0 Å². The lowest BCUT2D eigenvalue weighted by Gasteiger charge is -2.28. The molecular formula is C83H68N2. The normalized spacial score (nSPS) is 14.5. The van der Waals surface area contributed by atoms with Gasteiger partial charge in [0.25, 0.3) is 0 Å². The van der Waals surface area contributed by atoms with Crippen LogP contribution >= 0.6 is 0 Å². The number of hydrogen-bond acceptors (Lipinski definition) is 2. The second-order valence-corrected chi connectivity index (χ2v) is 25.6. The van der Waals surface area contributed by atoms with Gasteiger partial charge in [-0.3, -0.25) is 0 Å². The van der Waals surface area contributed by atoms with Gasteiger partial charge in [-0.05, 0) is 197 Å². The van der Waals surface area contributed by atoms with Gasteiger partial charge in [-0.1, -0.05) is 247 Å². The average molecular weight is 1090 g/mol. The summed E-state index contributed by atoms with van der Waals surface area (Å²) in [6.07, 6.45) is 9.19. The van der Waals surface area contributed by atoms with Gasteiger partial charge in [-0.25, -0.2) is 0 Å². The third-order valence-electron chi connectivity index (χ3n) is 19.1. The number of hydrogen-bond donors (Lipinski definition) is 0. The molecule has 3 aliphatic carbocycles. The SMILES string of the molecule is Cc1ccc(N(c2ccc3c(c2)C(C)(C)c2cc(C=Cc4ccc5c(c4)C(C)(C)c4cc(C=Cc6ccc7c(c6)C(C)(C)c6cc(N(c8ccc(C)cc8)c8ccc9ccccc9c8)ccc6-7)ccc4-5)ccc2-3)c2ccc3ccccc3c2)cc1. The van der Waals surface area contributed by atoms with Crippen molar-refractivity contribution in [3.8, 4) is 33.4 Å². The van der Waals surface area contributed by atoms with Gasteiger partial charge in [-0.15, -0.1) is 0 Å². The predicted molar refractivity (Wildman–Crippen MR) is 364 cm³/mol. The van der Waals surface area contributed by atoms with Crippen LogP contribution in [0.4, 0.5) is 34.1 Å². The van der Waals surface area contributed by atoms with E-state index in [4.69, 9.17) is 0 Å². The quantitative estimate of drug-likeness (QED) is 0.126. The molecule has 0 amide bonds. The van der Waals surface area contributed by atoms with E-state index in [1.807, 2.05) is 0 Å². The summed E-state index contributed by atoms with van der Waals surface area (Å²) < 4.78 is 0. The van der Waals surface area contributed by atoms with E-state index in [0.29, 0.717) is 0 Å². The molecular weight excluding hydrogens is 1020 g/mol. The molecule has 3 aliphatic rings. The molecule has 0 bridgehead atoms. The molecule has 0 radical (unpaired) electrons. The van der Waals surface area contributed by atoms with Crippen molar-refractivity contribution in [3.63, 3.8) is 0 Å². The third-order valence-corrected chi connectivity index (χ3v) is 19.1. The summed E-state index contributed by atoms with van der Waals surface area (Å²) in [5.41, 5.74) is 29.8. The van der Waals surface area contributed by atoms with Crippen molar-refractivity contribution in [2.75, 3.05) is 9.80 Å². The molecule has 2 nitrogen and oxygen atoms in total. The average Bonchev–Trinajstić information content (AvgIpc) is 1.96. The molecule has 0 aromatic heterocycles. The minimum absolute atomic E-state index is 0.157. The fourth-order valence-corrected chi connectivity index (χ4v) is 14.3. The standard InChI is InChI=1S/C83H68N2/c1-53-17-31-63(32-18-53)84(65-35-29-59-13-9-11-15-61(59)49-65)67-37-43-73-71-41-27-57(47-77(71)82(5,6)79(73)51-67)23-21-55-25-39-69-70-40-26-56(46-76(70)81(3,4)75(69)45-55)22-24-58-28-42-72-74-44-38-68(52-80(74)83(7,8)78(72)48-58)85(64-33-19-54(2)20-34-64)66-36-30-60-14-10-12-16-62(60)50-66/h9-52H,1-8H3. The van der Waals surface area contributed by atoms with Crippen LogP contribution in [0.5, 0.6) is 0 Å². The summed E-state index contributed by atoms with van der Waals surface area (Å²) in [5, 5.41) is 4.95. The Morgan fingerprint density at radius 3 is 0.800 bits per heavy atom. The van der Waals surface area contributed by atoms with Crippen LogP contribution in [-0.2, 0) is 16.2 Å². The molecule has 0 aliphatic heterocycles. The zero-order valence-corrected chi connectivity index (χ0v) is 49.8. The van der Waals surface area contributed by atoms with Crippen LogP contribution in [0, 0.1) is 13.8 Å². The number of nitrogens with zero attached hydrogens (tertiary/aromatic N) is 2. The Morgan fingerprint density at radius 1 is 0.235 bits per heavy atom. The lowest BCUT2D eigenvalue weighted by Crippen LogP contribution is -2.16. The molecule has 0 N–H and O–H groups in total. The van der Waals surface area contributed by atoms with Crippen molar-refractivity contribution in [1.82, 2.24) is 0 Å². The first-order chi connectivity index (χ1) is 41.1. The highest BCUT2D eigenvalue weighted by molar-refractivity contribution is 5.94. The summed E-state index contributed by atoms with van der Waals surface area (Å²) >= 11 is 0. The largest absolute Gasteiger partial charge is 0.310 e. The van der Waals surface area contributed by atoms with Crippen molar-refractivity contribution in [1.29, 1.82) is 0 Å². The van der Waals surface area contributed by atoms with Crippen molar-refractivity contribution >= 4 is 80.0 Å². The van der Waals surface area contributed by atoms with Crippen LogP contribution < -0.4 is 9.80 Å². The fourth-order valence-electron chi connectivity index (χ4n) is 14.3. The van der Waals surface area contributed by atoms with Crippen LogP contribution in [0.3, 0.4) is 0 Å². The number of anilines is 6. The monoisotopic (exact) mass is 1090 g/mol. The minimum Gasteiger partial charge on any atom is -0.310 e. The molecule has 2 heteroatoms. The Balaban J connectivity index is 0.666. The molecule has 12 aromatic carbocycles. The maximum atomic E-state index is 2.43. The number of fused-ring (bicyclic) bond motifs is 11. The number of rotatable bonds is 10. The highest BCUT2D eigenvalue weighted by Crippen LogP contribution is 2.54. The molecule has 0 spiro atoms. The fraction of sp³-hybridized carbons (Fsp3) is 0.133. The molecule has 85 heavy (non-hydrogen) atoms. The predicted octanol–water partition coefficient (Wildman–Crippen LogP) is 22.8. The Labute approximate surface area is 501 Å². The Bertz CT molecular complexity index is 4450. The lowest BCUT2D eigenvalue weighted by molar-refractivity contribution is 0.660. The Morgan fingerprint density at radius 2 is 0.482 bits per heavy atom. The molecule has 12 aromatic rings. The molecule has 0 saturated carbocycles. The van der Waals surface area contributed by atoms with E-state index in [2.05, 4.69) is 332 Å². The van der Waals surface area contributed by atoms with Crippen molar-refractivity contribution in [2.24, 2.45) is 0 Å². The minimum atomic E-state index is -0.189. The van der Waals surface area contributed by atoms with Crippen molar-refractivity contribution in [2.45, 2.75) is 71.6 Å². The van der Waals surface area contributed by atoms with Gasteiger partial charge in [0, 0.05) is 50.4 Å². The molecule has 0 heterocycles. The van der Waals surface area contributed by atoms with Gasteiger partial charge in [-0.2, -0.15) is 0 Å². The summed E-state index contributed by atoms with van der Waals surface area (Å²) in [6, 6.07) is 91.0. The topological polar surface area (TPSA) is 6.48 Å². The van der Waals surface area contributed by atoms with Crippen LogP contribution in [0.25, 0.3) is 79.2 Å². The zero-order valence-electron chi connectivity index (χ0n) is 49.8. The van der Waals surface area contributed by atoms with Gasteiger partial charge in [0.15, 0.2) is 0 Å². The Kier molecular flexibility index (Phi) is 12.1. The van der Waals surface area contributed by atoms with E-state index in [1.165, 1.54) is 122 Å². The van der Waals surface area contributed by atoms with Crippen LogP contribution in [-0.4, -0.2) is 0 Å². The van der Waals surface area contributed by atoms with Crippen LogP contribution in [0.2, 0.25) is 0 Å². The summed E-state index contributed by atoms with van der Waals surface area (Å²) in [4.78, 5) is 4.81. The highest BCUT2D eigenvalue weighted by Gasteiger charge is 2.39. The summed E-state index contributed by atoms with van der Waals surface area (Å²) in [7, 11) is 0. The number of aryl methyl sites for hydroxylation is 2. The van der Waals surface area contributed by atoms with Gasteiger partial charge in [0.2, 0.25) is 0 Å². The maximum Gasteiger partial charge on any atom is 0.0468 e. The second-order valence-electron chi connectivity index (χ2n) is 25.6. The van der Waals surface area contributed by atoms with Gasteiger partial charge >= 0.3 is 0 Å². The summed E-state index contributed by atoms with van der Waals surface area (Å²) in [6.45, 7) is 18.6. The van der Waals surface area contributed by atoms with E-state index in [0.717, 1.165) is 34.1 Å². The first kappa shape index (κ1) is 52.1. The molecule has 0 unspecified atom stereocenters. The van der Waals surface area contributed by atoms with E-state index >= 15 is 0 Å². The lowest BCUT2D eigenvalue weighted by atomic mass is 9.81. The van der Waals surface area contributed by atoms with E-state index in [9.17, 15) is 0 Å². The zero-order chi connectivity index (χ0) is 57.9. The molecule has 410 valence electrons. The molecule has 0 fully saturated rings. The molecule has 15 rings (SSSR count). The molecule has 0 atom stereocenters.